The second-order valence-electron chi connectivity index (χ2n) is 4.97. The molecule has 0 unspecified atom stereocenters. The molecule has 0 fully saturated rings. The second kappa shape index (κ2) is 7.07. The Bertz CT molecular complexity index is 685. The summed E-state index contributed by atoms with van der Waals surface area (Å²) in [7, 11) is 0. The number of benzene rings is 1. The van der Waals surface area contributed by atoms with Crippen molar-refractivity contribution in [2.24, 2.45) is 0 Å². The van der Waals surface area contributed by atoms with Crippen LogP contribution in [0.4, 0.5) is 0 Å². The van der Waals surface area contributed by atoms with Gasteiger partial charge in [0.25, 0.3) is 0 Å². The summed E-state index contributed by atoms with van der Waals surface area (Å²) in [5.74, 6) is 0.481. The first-order chi connectivity index (χ1) is 10.1. The third-order valence-electron chi connectivity index (χ3n) is 3.46. The van der Waals surface area contributed by atoms with Crippen molar-refractivity contribution in [3.63, 3.8) is 0 Å². The van der Waals surface area contributed by atoms with Crippen LogP contribution in [0, 0.1) is 6.92 Å². The first-order valence-electron chi connectivity index (χ1n) is 7.30. The van der Waals surface area contributed by atoms with Gasteiger partial charge in [0.15, 0.2) is 5.43 Å². The summed E-state index contributed by atoms with van der Waals surface area (Å²) >= 11 is 0. The van der Waals surface area contributed by atoms with E-state index in [2.05, 4.69) is 0 Å². The van der Waals surface area contributed by atoms with Gasteiger partial charge in [-0.1, -0.05) is 12.1 Å². The van der Waals surface area contributed by atoms with Crippen molar-refractivity contribution in [3.8, 4) is 0 Å². The minimum atomic E-state index is -0.181. The molecule has 0 bridgehead atoms. The monoisotopic (exact) mass is 288 g/mol. The molecule has 0 saturated carbocycles. The van der Waals surface area contributed by atoms with Gasteiger partial charge in [-0.2, -0.15) is 0 Å². The number of rotatable bonds is 6. The molecule has 0 amide bonds. The maximum atomic E-state index is 12.4. The van der Waals surface area contributed by atoms with Gasteiger partial charge < -0.3 is 9.15 Å². The van der Waals surface area contributed by atoms with E-state index in [1.54, 1.807) is 19.1 Å². The topological polar surface area (TPSA) is 56.5 Å². The maximum absolute atomic E-state index is 12.4. The van der Waals surface area contributed by atoms with Crippen LogP contribution in [0.5, 0.6) is 0 Å². The molecule has 0 aliphatic carbocycles. The van der Waals surface area contributed by atoms with Gasteiger partial charge in [-0.3, -0.25) is 9.59 Å². The Morgan fingerprint density at radius 1 is 1.24 bits per heavy atom. The second-order valence-corrected chi connectivity index (χ2v) is 4.97. The summed E-state index contributed by atoms with van der Waals surface area (Å²) in [6.45, 7) is 4.02. The zero-order valence-corrected chi connectivity index (χ0v) is 12.5. The highest BCUT2D eigenvalue weighted by Gasteiger charge is 2.11. The van der Waals surface area contributed by atoms with E-state index in [1.807, 2.05) is 19.1 Å². The highest BCUT2D eigenvalue weighted by atomic mass is 16.5. The first kappa shape index (κ1) is 15.3. The third kappa shape index (κ3) is 3.72. The fraction of sp³-hybridized carbons (Fsp3) is 0.412. The Kier molecular flexibility index (Phi) is 5.14. The van der Waals surface area contributed by atoms with Crippen molar-refractivity contribution in [2.75, 3.05) is 6.61 Å². The van der Waals surface area contributed by atoms with E-state index in [-0.39, 0.29) is 11.4 Å². The highest BCUT2D eigenvalue weighted by Crippen LogP contribution is 2.16. The van der Waals surface area contributed by atoms with Crippen LogP contribution in [0.2, 0.25) is 0 Å². The number of carbonyl (C=O) groups excluding carboxylic acids is 1. The smallest absolute Gasteiger partial charge is 0.305 e. The SMILES string of the molecule is CCOC(=O)CCCCc1c(C)oc2ccccc2c1=O. The Labute approximate surface area is 123 Å². The molecule has 2 aromatic rings. The highest BCUT2D eigenvalue weighted by molar-refractivity contribution is 5.77. The number of unbranched alkanes of at least 4 members (excludes halogenated alkanes) is 1. The van der Waals surface area contributed by atoms with Crippen molar-refractivity contribution in [2.45, 2.75) is 39.5 Å². The molecular weight excluding hydrogens is 268 g/mol. The minimum absolute atomic E-state index is 0.0329. The van der Waals surface area contributed by atoms with E-state index in [0.29, 0.717) is 48.2 Å². The van der Waals surface area contributed by atoms with Gasteiger partial charge in [-0.05, 0) is 45.2 Å². The van der Waals surface area contributed by atoms with Gasteiger partial charge in [-0.25, -0.2) is 0 Å². The van der Waals surface area contributed by atoms with Crippen molar-refractivity contribution >= 4 is 16.9 Å². The summed E-state index contributed by atoms with van der Waals surface area (Å²) in [5, 5.41) is 0.614. The molecule has 0 aliphatic rings. The van der Waals surface area contributed by atoms with Crippen LogP contribution in [0.3, 0.4) is 0 Å². The van der Waals surface area contributed by atoms with Crippen LogP contribution in [-0.4, -0.2) is 12.6 Å². The number of ether oxygens (including phenoxy) is 1. The molecule has 4 heteroatoms. The Morgan fingerprint density at radius 3 is 2.76 bits per heavy atom. The van der Waals surface area contributed by atoms with E-state index >= 15 is 0 Å². The Hall–Kier alpha value is -2.10. The van der Waals surface area contributed by atoms with Crippen LogP contribution < -0.4 is 5.43 Å². The molecule has 4 nitrogen and oxygen atoms in total. The van der Waals surface area contributed by atoms with Crippen molar-refractivity contribution in [1.29, 1.82) is 0 Å². The fourth-order valence-corrected chi connectivity index (χ4v) is 2.39. The summed E-state index contributed by atoms with van der Waals surface area (Å²) in [4.78, 5) is 23.7. The third-order valence-corrected chi connectivity index (χ3v) is 3.46. The Morgan fingerprint density at radius 2 is 2.00 bits per heavy atom. The van der Waals surface area contributed by atoms with Gasteiger partial charge in [-0.15, -0.1) is 0 Å². The van der Waals surface area contributed by atoms with E-state index in [4.69, 9.17) is 9.15 Å². The predicted molar refractivity (Wildman–Crippen MR) is 81.4 cm³/mol. The largest absolute Gasteiger partial charge is 0.466 e. The lowest BCUT2D eigenvalue weighted by Crippen LogP contribution is -2.12. The number of hydrogen-bond donors (Lipinski definition) is 0. The number of esters is 1. The summed E-state index contributed by atoms with van der Waals surface area (Å²) < 4.78 is 10.6. The lowest BCUT2D eigenvalue weighted by Gasteiger charge is -2.06. The molecule has 0 radical (unpaired) electrons. The van der Waals surface area contributed by atoms with Crippen LogP contribution in [0.1, 0.15) is 37.5 Å². The number of carbonyl (C=O) groups is 1. The molecular formula is C17H20O4. The quantitative estimate of drug-likeness (QED) is 0.604. The fourth-order valence-electron chi connectivity index (χ4n) is 2.39. The zero-order valence-electron chi connectivity index (χ0n) is 12.5. The lowest BCUT2D eigenvalue weighted by molar-refractivity contribution is -0.143. The minimum Gasteiger partial charge on any atom is -0.466 e. The molecule has 21 heavy (non-hydrogen) atoms. The molecule has 1 aromatic heterocycles. The molecule has 0 aliphatic heterocycles. The summed E-state index contributed by atoms with van der Waals surface area (Å²) in [6, 6.07) is 7.26. The molecule has 0 spiro atoms. The summed E-state index contributed by atoms with van der Waals surface area (Å²) in [6.07, 6.45) is 2.50. The Balaban J connectivity index is 2.05. The lowest BCUT2D eigenvalue weighted by atomic mass is 10.0. The number of aryl methyl sites for hydroxylation is 1. The summed E-state index contributed by atoms with van der Waals surface area (Å²) in [5.41, 5.74) is 1.36. The molecule has 0 atom stereocenters. The van der Waals surface area contributed by atoms with Crippen molar-refractivity contribution < 1.29 is 13.9 Å². The predicted octanol–water partition coefficient (Wildman–Crippen LogP) is 3.38. The number of hydrogen-bond acceptors (Lipinski definition) is 4. The van der Waals surface area contributed by atoms with Gasteiger partial charge in [0, 0.05) is 12.0 Å². The van der Waals surface area contributed by atoms with Crippen LogP contribution in [-0.2, 0) is 16.0 Å². The van der Waals surface area contributed by atoms with Gasteiger partial charge in [0.1, 0.15) is 11.3 Å². The zero-order chi connectivity index (χ0) is 15.2. The molecule has 2 rings (SSSR count). The van der Waals surface area contributed by atoms with E-state index in [1.165, 1.54) is 0 Å². The van der Waals surface area contributed by atoms with Gasteiger partial charge in [0.2, 0.25) is 0 Å². The van der Waals surface area contributed by atoms with Crippen LogP contribution in [0.25, 0.3) is 11.0 Å². The molecule has 112 valence electrons. The van der Waals surface area contributed by atoms with Gasteiger partial charge in [0.05, 0.1) is 12.0 Å². The normalized spacial score (nSPS) is 10.8. The van der Waals surface area contributed by atoms with Crippen LogP contribution >= 0.6 is 0 Å². The van der Waals surface area contributed by atoms with Gasteiger partial charge >= 0.3 is 5.97 Å². The van der Waals surface area contributed by atoms with Crippen molar-refractivity contribution in [1.82, 2.24) is 0 Å². The first-order valence-corrected chi connectivity index (χ1v) is 7.30. The average molecular weight is 288 g/mol. The molecule has 1 heterocycles. The standard InChI is InChI=1S/C17H20O4/c1-3-20-16(18)11-7-5-8-13-12(2)21-15-10-6-4-9-14(15)17(13)19/h4,6,9-10H,3,5,7-8,11H2,1-2H3. The molecule has 1 aromatic carbocycles. The van der Waals surface area contributed by atoms with E-state index in [9.17, 15) is 9.59 Å². The molecule has 0 N–H and O–H groups in total. The number of para-hydroxylation sites is 1. The maximum Gasteiger partial charge on any atom is 0.305 e. The van der Waals surface area contributed by atoms with Crippen molar-refractivity contribution in [3.05, 3.63) is 45.8 Å². The van der Waals surface area contributed by atoms with E-state index < -0.39 is 0 Å². The number of fused-ring (bicyclic) bond motifs is 1. The average Bonchev–Trinajstić information content (AvgIpc) is 2.46. The van der Waals surface area contributed by atoms with Crippen LogP contribution in [0.15, 0.2) is 33.5 Å². The van der Waals surface area contributed by atoms with E-state index in [0.717, 1.165) is 6.42 Å². The molecule has 0 saturated heterocycles.